The van der Waals surface area contributed by atoms with Crippen LogP contribution in [0.1, 0.15) is 12.5 Å². The number of methoxy groups -OCH3 is 1. The molecular weight excluding hydrogens is 234 g/mol. The highest BCUT2D eigenvalue weighted by Gasteiger charge is 2.20. The summed E-state index contributed by atoms with van der Waals surface area (Å²) in [7, 11) is 4.84. The average molecular weight is 253 g/mol. The minimum absolute atomic E-state index is 0.148. The van der Waals surface area contributed by atoms with Gasteiger partial charge in [-0.05, 0) is 13.0 Å². The number of rotatable bonds is 5. The van der Waals surface area contributed by atoms with Gasteiger partial charge in [-0.3, -0.25) is 4.79 Å². The summed E-state index contributed by atoms with van der Waals surface area (Å²) in [5, 5.41) is 9.27. The summed E-state index contributed by atoms with van der Waals surface area (Å²) in [6, 6.07) is 5.21. The molecule has 18 heavy (non-hydrogen) atoms. The standard InChI is InChI=1S/C13H19NO4/c1-9(13(16)14(2)3)18-12-10(8-15)6-5-7-11(12)17-4/h5-7,9,15H,8H2,1-4H3. The second-order valence-corrected chi connectivity index (χ2v) is 4.10. The van der Waals surface area contributed by atoms with E-state index in [4.69, 9.17) is 9.47 Å². The molecule has 0 aliphatic heterocycles. The van der Waals surface area contributed by atoms with Gasteiger partial charge in [0.15, 0.2) is 17.6 Å². The third-order valence-corrected chi connectivity index (χ3v) is 2.53. The number of ether oxygens (including phenoxy) is 2. The maximum absolute atomic E-state index is 11.7. The van der Waals surface area contributed by atoms with Gasteiger partial charge in [-0.1, -0.05) is 12.1 Å². The van der Waals surface area contributed by atoms with Crippen LogP contribution < -0.4 is 9.47 Å². The maximum Gasteiger partial charge on any atom is 0.262 e. The summed E-state index contributed by atoms with van der Waals surface area (Å²) in [4.78, 5) is 13.2. The number of likely N-dealkylation sites (N-methyl/N-ethyl adjacent to an activating group) is 1. The Hall–Kier alpha value is -1.75. The van der Waals surface area contributed by atoms with Gasteiger partial charge >= 0.3 is 0 Å². The first-order valence-electron chi connectivity index (χ1n) is 5.65. The van der Waals surface area contributed by atoms with Crippen LogP contribution in [0.2, 0.25) is 0 Å². The van der Waals surface area contributed by atoms with Crippen LogP contribution in [-0.2, 0) is 11.4 Å². The van der Waals surface area contributed by atoms with Crippen molar-refractivity contribution in [3.63, 3.8) is 0 Å². The molecule has 1 rings (SSSR count). The number of aliphatic hydroxyl groups is 1. The lowest BCUT2D eigenvalue weighted by atomic mass is 10.2. The molecule has 0 saturated heterocycles. The highest BCUT2D eigenvalue weighted by atomic mass is 16.5. The molecule has 1 aromatic carbocycles. The van der Waals surface area contributed by atoms with E-state index in [9.17, 15) is 9.90 Å². The topological polar surface area (TPSA) is 59.0 Å². The van der Waals surface area contributed by atoms with Gasteiger partial charge in [-0.2, -0.15) is 0 Å². The average Bonchev–Trinajstić information content (AvgIpc) is 2.37. The molecule has 100 valence electrons. The zero-order chi connectivity index (χ0) is 13.7. The number of carbonyl (C=O) groups is 1. The van der Waals surface area contributed by atoms with E-state index in [0.717, 1.165) is 0 Å². The van der Waals surface area contributed by atoms with Crippen molar-refractivity contribution in [1.82, 2.24) is 4.90 Å². The Morgan fingerprint density at radius 3 is 2.61 bits per heavy atom. The van der Waals surface area contributed by atoms with Crippen LogP contribution in [0.15, 0.2) is 18.2 Å². The summed E-state index contributed by atoms with van der Waals surface area (Å²) >= 11 is 0. The fourth-order valence-corrected chi connectivity index (χ4v) is 1.57. The molecule has 1 atom stereocenters. The molecule has 1 aromatic rings. The number of carbonyl (C=O) groups excluding carboxylic acids is 1. The van der Waals surface area contributed by atoms with Crippen LogP contribution in [0.4, 0.5) is 0 Å². The molecule has 0 spiro atoms. The minimum Gasteiger partial charge on any atom is -0.493 e. The molecule has 1 unspecified atom stereocenters. The summed E-state index contributed by atoms with van der Waals surface area (Å²) in [5.41, 5.74) is 0.591. The largest absolute Gasteiger partial charge is 0.493 e. The number of amides is 1. The number of hydrogen-bond acceptors (Lipinski definition) is 4. The smallest absolute Gasteiger partial charge is 0.262 e. The van der Waals surface area contributed by atoms with E-state index in [0.29, 0.717) is 17.1 Å². The Bertz CT molecular complexity index is 395. The van der Waals surface area contributed by atoms with E-state index in [1.54, 1.807) is 39.2 Å². The van der Waals surface area contributed by atoms with E-state index in [-0.39, 0.29) is 12.5 Å². The van der Waals surface area contributed by atoms with Crippen LogP contribution in [0.25, 0.3) is 0 Å². The van der Waals surface area contributed by atoms with Crippen molar-refractivity contribution in [2.24, 2.45) is 0 Å². The zero-order valence-electron chi connectivity index (χ0n) is 11.1. The molecule has 0 radical (unpaired) electrons. The van der Waals surface area contributed by atoms with Crippen molar-refractivity contribution < 1.29 is 19.4 Å². The fraction of sp³-hybridized carbons (Fsp3) is 0.462. The van der Waals surface area contributed by atoms with E-state index in [1.807, 2.05) is 0 Å². The van der Waals surface area contributed by atoms with Crippen molar-refractivity contribution in [3.8, 4) is 11.5 Å². The SMILES string of the molecule is COc1cccc(CO)c1OC(C)C(=O)N(C)C. The van der Waals surface area contributed by atoms with Gasteiger partial charge < -0.3 is 19.5 Å². The van der Waals surface area contributed by atoms with Crippen molar-refractivity contribution in [2.45, 2.75) is 19.6 Å². The van der Waals surface area contributed by atoms with Gasteiger partial charge in [0.1, 0.15) is 0 Å². The summed E-state index contributed by atoms with van der Waals surface area (Å²) < 4.78 is 10.8. The summed E-state index contributed by atoms with van der Waals surface area (Å²) in [5.74, 6) is 0.759. The molecule has 0 heterocycles. The lowest BCUT2D eigenvalue weighted by Crippen LogP contribution is -2.35. The summed E-state index contributed by atoms with van der Waals surface area (Å²) in [6.45, 7) is 1.49. The van der Waals surface area contributed by atoms with Gasteiger partial charge in [-0.15, -0.1) is 0 Å². The van der Waals surface area contributed by atoms with Gasteiger partial charge in [0.25, 0.3) is 5.91 Å². The Morgan fingerprint density at radius 1 is 1.44 bits per heavy atom. The molecule has 5 nitrogen and oxygen atoms in total. The second kappa shape index (κ2) is 6.26. The van der Waals surface area contributed by atoms with Crippen LogP contribution >= 0.6 is 0 Å². The Morgan fingerprint density at radius 2 is 2.11 bits per heavy atom. The first-order valence-corrected chi connectivity index (χ1v) is 5.65. The zero-order valence-corrected chi connectivity index (χ0v) is 11.1. The molecule has 0 bridgehead atoms. The quantitative estimate of drug-likeness (QED) is 0.852. The Balaban J connectivity index is 2.98. The molecule has 0 fully saturated rings. The first kappa shape index (κ1) is 14.3. The Labute approximate surface area is 107 Å². The third-order valence-electron chi connectivity index (χ3n) is 2.53. The predicted octanol–water partition coefficient (Wildman–Crippen LogP) is 1.04. The highest BCUT2D eigenvalue weighted by molar-refractivity contribution is 5.80. The predicted molar refractivity (Wildman–Crippen MR) is 67.7 cm³/mol. The Kier molecular flexibility index (Phi) is 4.97. The van der Waals surface area contributed by atoms with Crippen molar-refractivity contribution in [2.75, 3.05) is 21.2 Å². The van der Waals surface area contributed by atoms with Crippen LogP contribution in [0.5, 0.6) is 11.5 Å². The minimum atomic E-state index is -0.637. The highest BCUT2D eigenvalue weighted by Crippen LogP contribution is 2.32. The molecule has 1 N–H and O–H groups in total. The summed E-state index contributed by atoms with van der Waals surface area (Å²) in [6.07, 6.45) is -0.637. The lowest BCUT2D eigenvalue weighted by Gasteiger charge is -2.21. The first-order chi connectivity index (χ1) is 8.51. The normalized spacial score (nSPS) is 11.8. The van der Waals surface area contributed by atoms with Gasteiger partial charge in [-0.25, -0.2) is 0 Å². The molecule has 0 aromatic heterocycles. The number of hydrogen-bond donors (Lipinski definition) is 1. The molecule has 0 aliphatic carbocycles. The number of aliphatic hydroxyl groups excluding tert-OH is 1. The number of nitrogens with zero attached hydrogens (tertiary/aromatic N) is 1. The van der Waals surface area contributed by atoms with Crippen molar-refractivity contribution >= 4 is 5.91 Å². The van der Waals surface area contributed by atoms with Crippen molar-refractivity contribution in [1.29, 1.82) is 0 Å². The molecule has 0 saturated carbocycles. The maximum atomic E-state index is 11.7. The molecule has 1 amide bonds. The van der Waals surface area contributed by atoms with Gasteiger partial charge in [0.2, 0.25) is 0 Å². The van der Waals surface area contributed by atoms with E-state index < -0.39 is 6.10 Å². The van der Waals surface area contributed by atoms with Crippen LogP contribution in [0.3, 0.4) is 0 Å². The van der Waals surface area contributed by atoms with Crippen LogP contribution in [0, 0.1) is 0 Å². The molecule has 0 aliphatic rings. The lowest BCUT2D eigenvalue weighted by molar-refractivity contribution is -0.135. The van der Waals surface area contributed by atoms with E-state index >= 15 is 0 Å². The van der Waals surface area contributed by atoms with Gasteiger partial charge in [0.05, 0.1) is 13.7 Å². The number of benzene rings is 1. The van der Waals surface area contributed by atoms with Gasteiger partial charge in [0, 0.05) is 19.7 Å². The van der Waals surface area contributed by atoms with E-state index in [2.05, 4.69) is 0 Å². The molecular formula is C13H19NO4. The number of para-hydroxylation sites is 1. The van der Waals surface area contributed by atoms with Crippen LogP contribution in [-0.4, -0.2) is 43.2 Å². The van der Waals surface area contributed by atoms with Crippen molar-refractivity contribution in [3.05, 3.63) is 23.8 Å². The monoisotopic (exact) mass is 253 g/mol. The molecule has 5 heteroatoms. The second-order valence-electron chi connectivity index (χ2n) is 4.10. The van der Waals surface area contributed by atoms with E-state index in [1.165, 1.54) is 12.0 Å². The third kappa shape index (κ3) is 3.13. The fourth-order valence-electron chi connectivity index (χ4n) is 1.57.